The highest BCUT2D eigenvalue weighted by atomic mass is 32.2. The zero-order valence-electron chi connectivity index (χ0n) is 12.9. The average molecular weight is 309 g/mol. The van der Waals surface area contributed by atoms with Gasteiger partial charge in [0.25, 0.3) is 0 Å². The minimum Gasteiger partial charge on any atom is -0.310 e. The maximum atomic E-state index is 12.6. The van der Waals surface area contributed by atoms with E-state index >= 15 is 0 Å². The van der Waals surface area contributed by atoms with Gasteiger partial charge in [0.2, 0.25) is 5.91 Å². The molecule has 1 atom stereocenters. The molecule has 0 bridgehead atoms. The van der Waals surface area contributed by atoms with E-state index in [1.807, 2.05) is 45.0 Å². The Hall–Kier alpha value is -1.36. The highest BCUT2D eigenvalue weighted by molar-refractivity contribution is 7.91. The van der Waals surface area contributed by atoms with Crippen LogP contribution in [0.5, 0.6) is 0 Å². The SMILES string of the molecule is Cc1ccc(N(C(=O)C[C@H]2CCS(=O)(=O)C2)C(C)C)cc1. The van der Waals surface area contributed by atoms with Crippen molar-refractivity contribution >= 4 is 21.4 Å². The molecule has 0 aromatic heterocycles. The van der Waals surface area contributed by atoms with Crippen LogP contribution in [0.25, 0.3) is 0 Å². The fourth-order valence-electron chi connectivity index (χ4n) is 2.81. The smallest absolute Gasteiger partial charge is 0.227 e. The Labute approximate surface area is 127 Å². The van der Waals surface area contributed by atoms with Gasteiger partial charge in [0.05, 0.1) is 11.5 Å². The molecule has 116 valence electrons. The molecule has 0 saturated carbocycles. The van der Waals surface area contributed by atoms with E-state index in [0.29, 0.717) is 12.8 Å². The quantitative estimate of drug-likeness (QED) is 0.859. The molecule has 1 aliphatic rings. The van der Waals surface area contributed by atoms with Gasteiger partial charge in [-0.05, 0) is 45.2 Å². The molecule has 0 N–H and O–H groups in total. The number of aryl methyl sites for hydroxylation is 1. The number of anilines is 1. The summed E-state index contributed by atoms with van der Waals surface area (Å²) in [6.45, 7) is 5.96. The van der Waals surface area contributed by atoms with Crippen LogP contribution in [0.3, 0.4) is 0 Å². The lowest BCUT2D eigenvalue weighted by Gasteiger charge is -2.28. The van der Waals surface area contributed by atoms with E-state index < -0.39 is 9.84 Å². The molecule has 0 radical (unpaired) electrons. The molecule has 0 spiro atoms. The van der Waals surface area contributed by atoms with Crippen LogP contribution in [0.2, 0.25) is 0 Å². The lowest BCUT2D eigenvalue weighted by molar-refractivity contribution is -0.119. The van der Waals surface area contributed by atoms with Gasteiger partial charge < -0.3 is 4.90 Å². The molecule has 0 aliphatic carbocycles. The average Bonchev–Trinajstić information content (AvgIpc) is 2.71. The first-order valence-corrected chi connectivity index (χ1v) is 9.20. The summed E-state index contributed by atoms with van der Waals surface area (Å²) in [6.07, 6.45) is 0.916. The Morgan fingerprint density at radius 1 is 1.29 bits per heavy atom. The zero-order chi connectivity index (χ0) is 15.6. The van der Waals surface area contributed by atoms with E-state index in [4.69, 9.17) is 0 Å². The number of sulfone groups is 1. The molecular formula is C16H23NO3S. The van der Waals surface area contributed by atoms with Crippen LogP contribution in [0.15, 0.2) is 24.3 Å². The van der Waals surface area contributed by atoms with E-state index in [0.717, 1.165) is 11.3 Å². The Bertz CT molecular complexity index is 605. The van der Waals surface area contributed by atoms with E-state index in [2.05, 4.69) is 0 Å². The van der Waals surface area contributed by atoms with E-state index in [-0.39, 0.29) is 29.4 Å². The zero-order valence-corrected chi connectivity index (χ0v) is 13.7. The summed E-state index contributed by atoms with van der Waals surface area (Å²) in [6, 6.07) is 7.91. The van der Waals surface area contributed by atoms with Crippen LogP contribution >= 0.6 is 0 Å². The van der Waals surface area contributed by atoms with Gasteiger partial charge >= 0.3 is 0 Å². The third kappa shape index (κ3) is 4.06. The molecule has 1 amide bonds. The summed E-state index contributed by atoms with van der Waals surface area (Å²) in [4.78, 5) is 14.3. The van der Waals surface area contributed by atoms with Gasteiger partial charge in [-0.25, -0.2) is 8.42 Å². The number of nitrogens with zero attached hydrogens (tertiary/aromatic N) is 1. The third-order valence-electron chi connectivity index (χ3n) is 3.89. The monoisotopic (exact) mass is 309 g/mol. The van der Waals surface area contributed by atoms with Crippen molar-refractivity contribution < 1.29 is 13.2 Å². The number of benzene rings is 1. The van der Waals surface area contributed by atoms with Crippen LogP contribution in [-0.4, -0.2) is 31.9 Å². The van der Waals surface area contributed by atoms with Crippen molar-refractivity contribution in [1.29, 1.82) is 0 Å². The molecule has 1 fully saturated rings. The van der Waals surface area contributed by atoms with Gasteiger partial charge in [-0.1, -0.05) is 17.7 Å². The Balaban J connectivity index is 2.11. The van der Waals surface area contributed by atoms with Crippen LogP contribution in [0.4, 0.5) is 5.69 Å². The van der Waals surface area contributed by atoms with Crippen LogP contribution < -0.4 is 4.90 Å². The van der Waals surface area contributed by atoms with E-state index in [1.165, 1.54) is 0 Å². The van der Waals surface area contributed by atoms with Crippen molar-refractivity contribution in [2.45, 2.75) is 39.7 Å². The standard InChI is InChI=1S/C16H23NO3S/c1-12(2)17(15-6-4-13(3)5-7-15)16(18)10-14-8-9-21(19,20)11-14/h4-7,12,14H,8-11H2,1-3H3/t14-/m1/s1. The maximum absolute atomic E-state index is 12.6. The first kappa shape index (κ1) is 16.0. The molecule has 5 heteroatoms. The highest BCUT2D eigenvalue weighted by Gasteiger charge is 2.31. The first-order chi connectivity index (χ1) is 9.78. The molecule has 0 unspecified atom stereocenters. The van der Waals surface area contributed by atoms with Crippen LogP contribution in [0, 0.1) is 12.8 Å². The number of amides is 1. The second kappa shape index (κ2) is 6.18. The minimum atomic E-state index is -2.93. The molecular weight excluding hydrogens is 286 g/mol. The van der Waals surface area contributed by atoms with Gasteiger partial charge in [-0.3, -0.25) is 4.79 Å². The second-order valence-electron chi connectivity index (χ2n) is 6.17. The lowest BCUT2D eigenvalue weighted by Crippen LogP contribution is -2.38. The summed E-state index contributed by atoms with van der Waals surface area (Å²) in [7, 11) is -2.93. The number of carbonyl (C=O) groups excluding carboxylic acids is 1. The van der Waals surface area contributed by atoms with Gasteiger partial charge in [0.15, 0.2) is 9.84 Å². The first-order valence-electron chi connectivity index (χ1n) is 7.37. The molecule has 1 aliphatic heterocycles. The van der Waals surface area contributed by atoms with Gasteiger partial charge in [0, 0.05) is 18.2 Å². The Kier molecular flexibility index (Phi) is 4.71. The fraction of sp³-hybridized carbons (Fsp3) is 0.562. The fourth-order valence-corrected chi connectivity index (χ4v) is 4.68. The van der Waals surface area contributed by atoms with Crippen molar-refractivity contribution in [3.8, 4) is 0 Å². The van der Waals surface area contributed by atoms with Crippen molar-refractivity contribution in [2.75, 3.05) is 16.4 Å². The van der Waals surface area contributed by atoms with Gasteiger partial charge in [-0.2, -0.15) is 0 Å². The van der Waals surface area contributed by atoms with Crippen molar-refractivity contribution in [3.63, 3.8) is 0 Å². The summed E-state index contributed by atoms with van der Waals surface area (Å²) in [5, 5.41) is 0. The van der Waals surface area contributed by atoms with Crippen molar-refractivity contribution in [2.24, 2.45) is 5.92 Å². The lowest BCUT2D eigenvalue weighted by atomic mass is 10.0. The van der Waals surface area contributed by atoms with E-state index in [9.17, 15) is 13.2 Å². The molecule has 1 saturated heterocycles. The molecule has 1 aromatic carbocycles. The number of carbonyl (C=O) groups is 1. The summed E-state index contributed by atoms with van der Waals surface area (Å²) in [5.41, 5.74) is 2.03. The predicted octanol–water partition coefficient (Wildman–Crippen LogP) is 2.56. The molecule has 1 heterocycles. The molecule has 4 nitrogen and oxygen atoms in total. The molecule has 2 rings (SSSR count). The van der Waals surface area contributed by atoms with Crippen LogP contribution in [-0.2, 0) is 14.6 Å². The van der Waals surface area contributed by atoms with Gasteiger partial charge in [0.1, 0.15) is 0 Å². The topological polar surface area (TPSA) is 54.5 Å². The largest absolute Gasteiger partial charge is 0.310 e. The second-order valence-corrected chi connectivity index (χ2v) is 8.39. The van der Waals surface area contributed by atoms with Crippen LogP contribution in [0.1, 0.15) is 32.3 Å². The predicted molar refractivity (Wildman–Crippen MR) is 85.2 cm³/mol. The van der Waals surface area contributed by atoms with E-state index in [1.54, 1.807) is 4.90 Å². The Morgan fingerprint density at radius 2 is 1.90 bits per heavy atom. The third-order valence-corrected chi connectivity index (χ3v) is 5.72. The highest BCUT2D eigenvalue weighted by Crippen LogP contribution is 2.25. The molecule has 1 aromatic rings. The van der Waals surface area contributed by atoms with Crippen molar-refractivity contribution in [1.82, 2.24) is 0 Å². The minimum absolute atomic E-state index is 0.0101. The molecule has 21 heavy (non-hydrogen) atoms. The number of hydrogen-bond acceptors (Lipinski definition) is 3. The summed E-state index contributed by atoms with van der Waals surface area (Å²) >= 11 is 0. The normalized spacial score (nSPS) is 20.7. The number of hydrogen-bond donors (Lipinski definition) is 0. The Morgan fingerprint density at radius 3 is 2.38 bits per heavy atom. The van der Waals surface area contributed by atoms with Crippen molar-refractivity contribution in [3.05, 3.63) is 29.8 Å². The number of rotatable bonds is 4. The summed E-state index contributed by atoms with van der Waals surface area (Å²) in [5.74, 6) is 0.348. The maximum Gasteiger partial charge on any atom is 0.227 e. The summed E-state index contributed by atoms with van der Waals surface area (Å²) < 4.78 is 23.0. The van der Waals surface area contributed by atoms with Gasteiger partial charge in [-0.15, -0.1) is 0 Å².